The number of nitrogens with zero attached hydrogens (tertiary/aromatic N) is 1. The number of hydrogen-bond acceptors (Lipinski definition) is 4. The minimum atomic E-state index is 0. The molecule has 4 nitrogen and oxygen atoms in total. The summed E-state index contributed by atoms with van der Waals surface area (Å²) < 4.78 is 5.33. The van der Waals surface area contributed by atoms with Crippen molar-refractivity contribution in [3.8, 4) is 5.88 Å². The van der Waals surface area contributed by atoms with Crippen LogP contribution in [0.4, 0.5) is 5.69 Å². The summed E-state index contributed by atoms with van der Waals surface area (Å²) in [7, 11) is 1.65. The van der Waals surface area contributed by atoms with Gasteiger partial charge in [-0.15, -0.1) is 11.6 Å². The molecule has 2 N–H and O–H groups in total. The molecular formula is C18H20Cl3N3OS. The van der Waals surface area contributed by atoms with Crippen LogP contribution in [0.3, 0.4) is 0 Å². The molecule has 26 heavy (non-hydrogen) atoms. The summed E-state index contributed by atoms with van der Waals surface area (Å²) in [6.45, 7) is 0.872. The van der Waals surface area contributed by atoms with E-state index in [-0.39, 0.29) is 12.4 Å². The molecule has 0 saturated heterocycles. The smallest absolute Gasteiger partial charge is 0.366 e. The van der Waals surface area contributed by atoms with E-state index in [0.717, 1.165) is 52.1 Å². The molecule has 0 aliphatic carbocycles. The molecule has 2 heterocycles. The van der Waals surface area contributed by atoms with Gasteiger partial charge in [-0.3, -0.25) is 0 Å². The third kappa shape index (κ3) is 4.97. The molecule has 0 saturated carbocycles. The molecule has 0 atom stereocenters. The molecule has 1 aromatic carbocycles. The van der Waals surface area contributed by atoms with E-state index < -0.39 is 0 Å². The Morgan fingerprint density at radius 3 is 2.81 bits per heavy atom. The number of pyridine rings is 2. The van der Waals surface area contributed by atoms with Crippen LogP contribution in [-0.4, -0.2) is 36.0 Å². The Morgan fingerprint density at radius 1 is 1.19 bits per heavy atom. The Bertz CT molecular complexity index is 879. The fraction of sp³-hybridized carbons (Fsp3) is 0.333. The number of hydrogen-bond donors (Lipinski definition) is 1. The van der Waals surface area contributed by atoms with Crippen LogP contribution in [-0.2, 0) is 0 Å². The molecule has 0 bridgehead atoms. The van der Waals surface area contributed by atoms with E-state index in [4.69, 9.17) is 32.9 Å². The highest BCUT2D eigenvalue weighted by molar-refractivity contribution is 7.99. The molecular weight excluding hydrogens is 413 g/mol. The molecule has 8 heteroatoms. The topological polar surface area (TPSA) is 48.3 Å². The SMILES string of the molecule is COc1ccc2nc3cc(Cl)ccc3c(NCCCSCCCl)c2[nH+]1.[Cl-]. The standard InChI is InChI=1S/C18H19Cl2N3OS.ClH/c1-24-16-6-5-14-18(23-16)17(21-8-2-9-25-10-7-19)13-4-3-12(20)11-15(13)22-14;/h3-6,11H,2,7-10H2,1H3,(H,21,22);1H. The van der Waals surface area contributed by atoms with E-state index in [1.54, 1.807) is 7.11 Å². The lowest BCUT2D eigenvalue weighted by molar-refractivity contribution is -0.360. The van der Waals surface area contributed by atoms with Crippen molar-refractivity contribution in [3.63, 3.8) is 0 Å². The highest BCUT2D eigenvalue weighted by atomic mass is 35.5. The van der Waals surface area contributed by atoms with Gasteiger partial charge in [-0.1, -0.05) is 11.6 Å². The third-order valence-corrected chi connectivity index (χ3v) is 5.54. The number of alkyl halides is 1. The van der Waals surface area contributed by atoms with E-state index >= 15 is 0 Å². The van der Waals surface area contributed by atoms with Gasteiger partial charge in [-0.25, -0.2) is 4.98 Å². The second kappa shape index (κ2) is 10.3. The average Bonchev–Trinajstić information content (AvgIpc) is 2.63. The second-order valence-electron chi connectivity index (χ2n) is 5.52. The van der Waals surface area contributed by atoms with Crippen LogP contribution in [0.1, 0.15) is 6.42 Å². The maximum Gasteiger partial charge on any atom is 0.366 e. The molecule has 0 aliphatic heterocycles. The number of ether oxygens (including phenoxy) is 1. The van der Waals surface area contributed by atoms with Crippen molar-refractivity contribution >= 4 is 62.6 Å². The van der Waals surface area contributed by atoms with Crippen molar-refractivity contribution < 1.29 is 22.1 Å². The predicted molar refractivity (Wildman–Crippen MR) is 109 cm³/mol. The molecule has 140 valence electrons. The summed E-state index contributed by atoms with van der Waals surface area (Å²) in [4.78, 5) is 8.02. The number of nitrogens with one attached hydrogen (secondary N) is 2. The number of aromatic amines is 1. The van der Waals surface area contributed by atoms with E-state index in [9.17, 15) is 0 Å². The molecule has 0 fully saturated rings. The summed E-state index contributed by atoms with van der Waals surface area (Å²) in [5.41, 5.74) is 3.70. The first kappa shape index (κ1) is 21.2. The maximum atomic E-state index is 6.14. The van der Waals surface area contributed by atoms with Crippen LogP contribution in [0.25, 0.3) is 21.9 Å². The van der Waals surface area contributed by atoms with Crippen LogP contribution in [0.5, 0.6) is 5.88 Å². The summed E-state index contributed by atoms with van der Waals surface area (Å²) in [6.07, 6.45) is 1.06. The lowest BCUT2D eigenvalue weighted by atomic mass is 10.1. The zero-order valence-electron chi connectivity index (χ0n) is 14.3. The van der Waals surface area contributed by atoms with Gasteiger partial charge in [0, 0.05) is 28.6 Å². The average molecular weight is 433 g/mol. The number of halogens is 3. The van der Waals surface area contributed by atoms with Gasteiger partial charge >= 0.3 is 5.88 Å². The Hall–Kier alpha value is -1.14. The Labute approximate surface area is 173 Å². The number of fused-ring (bicyclic) bond motifs is 2. The van der Waals surface area contributed by atoms with Crippen LogP contribution < -0.4 is 27.4 Å². The predicted octanol–water partition coefficient (Wildman–Crippen LogP) is 1.64. The van der Waals surface area contributed by atoms with Gasteiger partial charge in [0.05, 0.1) is 18.7 Å². The summed E-state index contributed by atoms with van der Waals surface area (Å²) in [5, 5.41) is 5.28. The first-order chi connectivity index (χ1) is 12.2. The van der Waals surface area contributed by atoms with Gasteiger partial charge in [-0.05, 0) is 36.4 Å². The van der Waals surface area contributed by atoms with E-state index in [1.807, 2.05) is 42.1 Å². The zero-order valence-corrected chi connectivity index (χ0v) is 17.4. The molecule has 2 aromatic heterocycles. The Balaban J connectivity index is 0.00000243. The Morgan fingerprint density at radius 2 is 2.04 bits per heavy atom. The lowest BCUT2D eigenvalue weighted by Gasteiger charge is -2.10. The van der Waals surface area contributed by atoms with Crippen molar-refractivity contribution in [1.82, 2.24) is 4.98 Å². The van der Waals surface area contributed by atoms with Crippen molar-refractivity contribution in [1.29, 1.82) is 0 Å². The van der Waals surface area contributed by atoms with E-state index in [0.29, 0.717) is 16.8 Å². The third-order valence-electron chi connectivity index (χ3n) is 3.83. The summed E-state index contributed by atoms with van der Waals surface area (Å²) in [6, 6.07) is 9.61. The minimum Gasteiger partial charge on any atom is -1.00 e. The van der Waals surface area contributed by atoms with Gasteiger partial charge < -0.3 is 22.5 Å². The molecule has 0 radical (unpaired) electrons. The maximum absolute atomic E-state index is 6.14. The number of methoxy groups -OCH3 is 1. The van der Waals surface area contributed by atoms with Gasteiger partial charge in [0.1, 0.15) is 11.2 Å². The van der Waals surface area contributed by atoms with Gasteiger partial charge in [0.2, 0.25) is 0 Å². The first-order valence-corrected chi connectivity index (χ1v) is 10.2. The van der Waals surface area contributed by atoms with Crippen molar-refractivity contribution in [2.24, 2.45) is 0 Å². The summed E-state index contributed by atoms with van der Waals surface area (Å²) in [5.74, 6) is 3.47. The van der Waals surface area contributed by atoms with Crippen LogP contribution in [0.15, 0.2) is 30.3 Å². The van der Waals surface area contributed by atoms with Crippen molar-refractivity contribution in [2.45, 2.75) is 6.42 Å². The highest BCUT2D eigenvalue weighted by Gasteiger charge is 2.16. The number of thioether (sulfide) groups is 1. The fourth-order valence-corrected chi connectivity index (χ4v) is 3.83. The van der Waals surface area contributed by atoms with Crippen LogP contribution in [0, 0.1) is 0 Å². The zero-order chi connectivity index (χ0) is 17.6. The number of anilines is 1. The minimum absolute atomic E-state index is 0. The quantitative estimate of drug-likeness (QED) is 0.334. The van der Waals surface area contributed by atoms with Gasteiger partial charge in [0.25, 0.3) is 5.52 Å². The molecule has 0 spiro atoms. The molecule has 0 unspecified atom stereocenters. The monoisotopic (exact) mass is 431 g/mol. The number of rotatable bonds is 8. The Kier molecular flexibility index (Phi) is 8.35. The van der Waals surface area contributed by atoms with Gasteiger partial charge in [-0.2, -0.15) is 16.7 Å². The molecule has 3 aromatic rings. The largest absolute Gasteiger partial charge is 1.00 e. The number of aromatic nitrogens is 2. The highest BCUT2D eigenvalue weighted by Crippen LogP contribution is 2.30. The van der Waals surface area contributed by atoms with Crippen LogP contribution in [0.2, 0.25) is 5.02 Å². The van der Waals surface area contributed by atoms with Crippen molar-refractivity contribution in [3.05, 3.63) is 35.4 Å². The van der Waals surface area contributed by atoms with Crippen LogP contribution >= 0.6 is 35.0 Å². The lowest BCUT2D eigenvalue weighted by Crippen LogP contribution is -3.00. The second-order valence-corrected chi connectivity index (χ2v) is 7.56. The fourth-order valence-electron chi connectivity index (χ4n) is 2.67. The van der Waals surface area contributed by atoms with Gasteiger partial charge in [0.15, 0.2) is 0 Å². The summed E-state index contributed by atoms with van der Waals surface area (Å²) >= 11 is 13.7. The van der Waals surface area contributed by atoms with Crippen molar-refractivity contribution in [2.75, 3.05) is 36.4 Å². The first-order valence-electron chi connectivity index (χ1n) is 8.10. The van der Waals surface area contributed by atoms with E-state index in [2.05, 4.69) is 10.3 Å². The number of H-pyrrole nitrogens is 1. The molecule has 3 rings (SSSR count). The molecule has 0 amide bonds. The molecule has 0 aliphatic rings. The normalized spacial score (nSPS) is 10.7. The van der Waals surface area contributed by atoms with E-state index in [1.165, 1.54) is 0 Å². The number of benzene rings is 1.